The van der Waals surface area contributed by atoms with E-state index >= 15 is 0 Å². The second-order valence-corrected chi connectivity index (χ2v) is 5.67. The third-order valence-corrected chi connectivity index (χ3v) is 3.29. The van der Waals surface area contributed by atoms with Crippen molar-refractivity contribution in [2.75, 3.05) is 13.7 Å². The zero-order valence-corrected chi connectivity index (χ0v) is 12.0. The number of nitrogens with two attached hydrogens (primary N) is 1. The fraction of sp³-hybridized carbons (Fsp3) is 0.462. The number of ketones is 1. The number of hydrogen-bond acceptors (Lipinski definition) is 3. The normalized spacial score (nSPS) is 11.4. The lowest BCUT2D eigenvalue weighted by Gasteiger charge is -2.21. The van der Waals surface area contributed by atoms with Crippen LogP contribution in [0.1, 0.15) is 30.6 Å². The van der Waals surface area contributed by atoms with Crippen LogP contribution >= 0.6 is 15.9 Å². The highest BCUT2D eigenvalue weighted by Gasteiger charge is 2.21. The zero-order valence-electron chi connectivity index (χ0n) is 10.4. The van der Waals surface area contributed by atoms with Crippen LogP contribution in [0.2, 0.25) is 0 Å². The molecule has 0 bridgehead atoms. The highest BCUT2D eigenvalue weighted by molar-refractivity contribution is 9.10. The van der Waals surface area contributed by atoms with Crippen molar-refractivity contribution in [3.8, 4) is 5.75 Å². The Morgan fingerprint density at radius 3 is 2.59 bits per heavy atom. The van der Waals surface area contributed by atoms with Gasteiger partial charge in [0.1, 0.15) is 5.75 Å². The second kappa shape index (κ2) is 5.65. The maximum absolute atomic E-state index is 12.1. The van der Waals surface area contributed by atoms with E-state index in [4.69, 9.17) is 10.5 Å². The molecule has 0 aliphatic heterocycles. The summed E-state index contributed by atoms with van der Waals surface area (Å²) in [4.78, 5) is 12.1. The van der Waals surface area contributed by atoms with Crippen molar-refractivity contribution < 1.29 is 9.53 Å². The van der Waals surface area contributed by atoms with Gasteiger partial charge in [-0.25, -0.2) is 0 Å². The van der Waals surface area contributed by atoms with Crippen molar-refractivity contribution in [1.29, 1.82) is 0 Å². The first-order valence-corrected chi connectivity index (χ1v) is 6.26. The third kappa shape index (κ3) is 3.82. The zero-order chi connectivity index (χ0) is 13.1. The number of Topliss-reactive ketones (excluding diaryl/α,β-unsaturated/α-hetero) is 1. The van der Waals surface area contributed by atoms with Gasteiger partial charge in [-0.3, -0.25) is 4.79 Å². The van der Waals surface area contributed by atoms with E-state index in [0.717, 1.165) is 10.2 Å². The topological polar surface area (TPSA) is 52.3 Å². The Labute approximate surface area is 110 Å². The first kappa shape index (κ1) is 14.2. The summed E-state index contributed by atoms with van der Waals surface area (Å²) >= 11 is 3.37. The Kier molecular flexibility index (Phi) is 4.71. The number of carbonyl (C=O) groups excluding carboxylic acids is 1. The molecule has 1 aromatic carbocycles. The number of benzene rings is 1. The minimum absolute atomic E-state index is 0.101. The smallest absolute Gasteiger partial charge is 0.163 e. The molecule has 0 aliphatic rings. The van der Waals surface area contributed by atoms with Crippen LogP contribution in [0.3, 0.4) is 0 Å². The van der Waals surface area contributed by atoms with Crippen molar-refractivity contribution in [3.63, 3.8) is 0 Å². The molecule has 0 saturated heterocycles. The Bertz CT molecular complexity index is 416. The molecule has 0 heterocycles. The van der Waals surface area contributed by atoms with Crippen molar-refractivity contribution in [2.45, 2.75) is 20.3 Å². The van der Waals surface area contributed by atoms with Gasteiger partial charge in [0.15, 0.2) is 5.78 Å². The minimum Gasteiger partial charge on any atom is -0.496 e. The summed E-state index contributed by atoms with van der Waals surface area (Å²) in [7, 11) is 1.60. The molecule has 1 aromatic rings. The Morgan fingerprint density at radius 1 is 1.47 bits per heavy atom. The summed E-state index contributed by atoms with van der Waals surface area (Å²) in [5.41, 5.74) is 6.14. The van der Waals surface area contributed by atoms with Gasteiger partial charge in [0.25, 0.3) is 0 Å². The Hall–Kier alpha value is -0.870. The van der Waals surface area contributed by atoms with E-state index in [1.54, 1.807) is 25.3 Å². The van der Waals surface area contributed by atoms with Crippen molar-refractivity contribution in [3.05, 3.63) is 28.2 Å². The second-order valence-electron chi connectivity index (χ2n) is 4.82. The van der Waals surface area contributed by atoms with E-state index in [1.165, 1.54) is 0 Å². The average Bonchev–Trinajstić information content (AvgIpc) is 2.28. The van der Waals surface area contributed by atoms with Crippen LogP contribution in [0.4, 0.5) is 0 Å². The van der Waals surface area contributed by atoms with Gasteiger partial charge in [0.05, 0.1) is 11.6 Å². The van der Waals surface area contributed by atoms with Gasteiger partial charge in [-0.1, -0.05) is 13.8 Å². The average molecular weight is 300 g/mol. The molecule has 3 nitrogen and oxygen atoms in total. The van der Waals surface area contributed by atoms with E-state index in [0.29, 0.717) is 18.5 Å². The molecule has 0 atom stereocenters. The lowest BCUT2D eigenvalue weighted by Crippen LogP contribution is -2.26. The van der Waals surface area contributed by atoms with Gasteiger partial charge >= 0.3 is 0 Å². The number of ether oxygens (including phenoxy) is 1. The molecule has 0 aromatic heterocycles. The number of carbonyl (C=O) groups is 1. The summed E-state index contributed by atoms with van der Waals surface area (Å²) in [5.74, 6) is 0.823. The maximum atomic E-state index is 12.1. The van der Waals surface area contributed by atoms with Gasteiger partial charge in [0.2, 0.25) is 0 Å². The fourth-order valence-corrected chi connectivity index (χ4v) is 1.99. The lowest BCUT2D eigenvalue weighted by atomic mass is 9.86. The monoisotopic (exact) mass is 299 g/mol. The largest absolute Gasteiger partial charge is 0.496 e. The van der Waals surface area contributed by atoms with Crippen LogP contribution in [0.5, 0.6) is 5.75 Å². The fourth-order valence-electron chi connectivity index (χ4n) is 1.45. The van der Waals surface area contributed by atoms with Crippen LogP contribution in [-0.4, -0.2) is 19.4 Å². The van der Waals surface area contributed by atoms with E-state index < -0.39 is 0 Å². The first-order valence-electron chi connectivity index (χ1n) is 5.46. The molecule has 0 amide bonds. The molecule has 0 radical (unpaired) electrons. The highest BCUT2D eigenvalue weighted by Crippen LogP contribution is 2.28. The first-order chi connectivity index (χ1) is 7.89. The summed E-state index contributed by atoms with van der Waals surface area (Å²) in [6, 6.07) is 5.35. The molecular formula is C13H18BrNO2. The molecule has 94 valence electrons. The molecule has 4 heteroatoms. The molecule has 0 spiro atoms. The van der Waals surface area contributed by atoms with Gasteiger partial charge < -0.3 is 10.5 Å². The standard InChI is InChI=1S/C13H18BrNO2/c1-13(2,8-15)7-11(16)9-4-5-12(17-3)10(14)6-9/h4-6H,7-8,15H2,1-3H3. The van der Waals surface area contributed by atoms with Crippen molar-refractivity contribution >= 4 is 21.7 Å². The van der Waals surface area contributed by atoms with Gasteiger partial charge in [-0.15, -0.1) is 0 Å². The van der Waals surface area contributed by atoms with Crippen LogP contribution < -0.4 is 10.5 Å². The van der Waals surface area contributed by atoms with Gasteiger partial charge in [-0.05, 0) is 46.1 Å². The molecule has 0 aliphatic carbocycles. The van der Waals surface area contributed by atoms with Crippen molar-refractivity contribution in [2.24, 2.45) is 11.1 Å². The summed E-state index contributed by atoms with van der Waals surface area (Å²) in [6.45, 7) is 4.48. The van der Waals surface area contributed by atoms with E-state index in [1.807, 2.05) is 13.8 Å². The number of halogens is 1. The summed E-state index contributed by atoms with van der Waals surface area (Å²) in [5, 5.41) is 0. The molecule has 0 unspecified atom stereocenters. The van der Waals surface area contributed by atoms with Crippen molar-refractivity contribution in [1.82, 2.24) is 0 Å². The SMILES string of the molecule is COc1ccc(C(=O)CC(C)(C)CN)cc1Br. The Balaban J connectivity index is 2.87. The quantitative estimate of drug-likeness (QED) is 0.850. The molecule has 1 rings (SSSR count). The predicted molar refractivity (Wildman–Crippen MR) is 72.5 cm³/mol. The van der Waals surface area contributed by atoms with Gasteiger partial charge in [-0.2, -0.15) is 0 Å². The molecule has 2 N–H and O–H groups in total. The van der Waals surface area contributed by atoms with E-state index in [9.17, 15) is 4.79 Å². The van der Waals surface area contributed by atoms with E-state index in [2.05, 4.69) is 15.9 Å². The third-order valence-electron chi connectivity index (χ3n) is 2.67. The summed E-state index contributed by atoms with van der Waals surface area (Å²) in [6.07, 6.45) is 0.447. The minimum atomic E-state index is -0.163. The number of rotatable bonds is 5. The molecule has 0 saturated carbocycles. The molecular weight excluding hydrogens is 282 g/mol. The van der Waals surface area contributed by atoms with E-state index in [-0.39, 0.29) is 11.2 Å². The number of hydrogen-bond donors (Lipinski definition) is 1. The molecule has 17 heavy (non-hydrogen) atoms. The molecule has 0 fully saturated rings. The Morgan fingerprint density at radius 2 is 2.12 bits per heavy atom. The highest BCUT2D eigenvalue weighted by atomic mass is 79.9. The predicted octanol–water partition coefficient (Wildman–Crippen LogP) is 3.02. The summed E-state index contributed by atoms with van der Waals surface area (Å²) < 4.78 is 5.91. The van der Waals surface area contributed by atoms with Gasteiger partial charge in [0, 0.05) is 12.0 Å². The van der Waals surface area contributed by atoms with Crippen LogP contribution in [0.15, 0.2) is 22.7 Å². The van der Waals surface area contributed by atoms with Crippen LogP contribution in [-0.2, 0) is 0 Å². The number of methoxy groups -OCH3 is 1. The van der Waals surface area contributed by atoms with Crippen LogP contribution in [0.25, 0.3) is 0 Å². The lowest BCUT2D eigenvalue weighted by molar-refractivity contribution is 0.0935. The maximum Gasteiger partial charge on any atom is 0.163 e. The van der Waals surface area contributed by atoms with Crippen LogP contribution in [0, 0.1) is 5.41 Å².